The first-order valence-electron chi connectivity index (χ1n) is 9.12. The molecule has 0 bridgehead atoms. The van der Waals surface area contributed by atoms with Crippen molar-refractivity contribution in [3.05, 3.63) is 59.2 Å². The van der Waals surface area contributed by atoms with Gasteiger partial charge >= 0.3 is 0 Å². The Morgan fingerprint density at radius 1 is 1.08 bits per heavy atom. The highest BCUT2D eigenvalue weighted by Gasteiger charge is 2.23. The Morgan fingerprint density at radius 2 is 1.85 bits per heavy atom. The maximum absolute atomic E-state index is 12.7. The van der Waals surface area contributed by atoms with Crippen molar-refractivity contribution in [1.29, 1.82) is 0 Å². The molecule has 0 radical (unpaired) electrons. The fraction of sp³-hybridized carbons (Fsp3) is 0.333. The molecule has 1 saturated heterocycles. The number of benzene rings is 2. The smallest absolute Gasteiger partial charge is 0.256 e. The summed E-state index contributed by atoms with van der Waals surface area (Å²) in [7, 11) is 0. The number of carbonyl (C=O) groups excluding carboxylic acids is 2. The molecule has 0 spiro atoms. The summed E-state index contributed by atoms with van der Waals surface area (Å²) in [6.45, 7) is 3.32. The fourth-order valence-corrected chi connectivity index (χ4v) is 4.71. The van der Waals surface area contributed by atoms with E-state index in [2.05, 4.69) is 22.3 Å². The number of nitrogens with one attached hydrogen (secondary N) is 1. The molecule has 0 aromatic heterocycles. The molecular weight excluding hydrogens is 344 g/mol. The van der Waals surface area contributed by atoms with E-state index in [1.165, 1.54) is 31.5 Å². The lowest BCUT2D eigenvalue weighted by molar-refractivity contribution is 0.0984. The van der Waals surface area contributed by atoms with Crippen LogP contribution in [0.4, 0.5) is 5.69 Å². The van der Waals surface area contributed by atoms with Gasteiger partial charge < -0.3 is 5.32 Å². The van der Waals surface area contributed by atoms with Crippen molar-refractivity contribution in [2.75, 3.05) is 24.2 Å². The Bertz CT molecular complexity index is 826. The average molecular weight is 366 g/mol. The van der Waals surface area contributed by atoms with Crippen molar-refractivity contribution < 1.29 is 9.59 Å². The Morgan fingerprint density at radius 3 is 2.62 bits per heavy atom. The molecule has 2 aliphatic heterocycles. The molecule has 0 saturated carbocycles. The van der Waals surface area contributed by atoms with E-state index in [0.717, 1.165) is 22.9 Å². The van der Waals surface area contributed by atoms with Gasteiger partial charge in [0.2, 0.25) is 0 Å². The molecule has 134 valence electrons. The maximum atomic E-state index is 12.7. The van der Waals surface area contributed by atoms with Gasteiger partial charge in [-0.25, -0.2) is 0 Å². The highest BCUT2D eigenvalue weighted by molar-refractivity contribution is 7.99. The van der Waals surface area contributed by atoms with Crippen LogP contribution in [0, 0.1) is 0 Å². The van der Waals surface area contributed by atoms with Crippen LogP contribution < -0.4 is 5.32 Å². The number of ketones is 1. The molecule has 1 fully saturated rings. The number of hydrogen-bond acceptors (Lipinski definition) is 4. The number of rotatable bonds is 4. The standard InChI is InChI=1S/C21H22N2O2S/c24-19-10-13-26-20-17(19)4-3-5-18(20)21(25)22-16-8-6-15(7-9-16)14-23-11-1-2-12-23/h3-9H,1-2,10-14H2,(H,22,25). The Labute approximate surface area is 158 Å². The molecule has 1 amide bonds. The minimum Gasteiger partial charge on any atom is -0.322 e. The van der Waals surface area contributed by atoms with Gasteiger partial charge in [-0.15, -0.1) is 11.8 Å². The van der Waals surface area contributed by atoms with Crippen LogP contribution >= 0.6 is 11.8 Å². The number of hydrogen-bond donors (Lipinski definition) is 1. The third kappa shape index (κ3) is 3.69. The summed E-state index contributed by atoms with van der Waals surface area (Å²) in [5.41, 5.74) is 3.31. The average Bonchev–Trinajstić information content (AvgIpc) is 3.16. The molecule has 5 heteroatoms. The van der Waals surface area contributed by atoms with Crippen molar-refractivity contribution in [3.63, 3.8) is 0 Å². The molecule has 2 aliphatic rings. The van der Waals surface area contributed by atoms with E-state index in [-0.39, 0.29) is 11.7 Å². The Hall–Kier alpha value is -2.11. The van der Waals surface area contributed by atoms with Gasteiger partial charge in [0.25, 0.3) is 5.91 Å². The van der Waals surface area contributed by atoms with Crippen molar-refractivity contribution in [2.24, 2.45) is 0 Å². The summed E-state index contributed by atoms with van der Waals surface area (Å²) < 4.78 is 0. The molecule has 0 unspecified atom stereocenters. The lowest BCUT2D eigenvalue weighted by Gasteiger charge is -2.18. The molecule has 2 aromatic rings. The van der Waals surface area contributed by atoms with Crippen LogP contribution in [0.3, 0.4) is 0 Å². The van der Waals surface area contributed by atoms with Crippen LogP contribution in [0.15, 0.2) is 47.4 Å². The second-order valence-electron chi connectivity index (χ2n) is 6.84. The molecule has 26 heavy (non-hydrogen) atoms. The third-order valence-electron chi connectivity index (χ3n) is 4.95. The maximum Gasteiger partial charge on any atom is 0.256 e. The first kappa shape index (κ1) is 17.3. The summed E-state index contributed by atoms with van der Waals surface area (Å²) in [4.78, 5) is 28.0. The zero-order chi connectivity index (χ0) is 17.9. The van der Waals surface area contributed by atoms with E-state index in [0.29, 0.717) is 17.5 Å². The van der Waals surface area contributed by atoms with Gasteiger partial charge in [0.15, 0.2) is 5.78 Å². The summed E-state index contributed by atoms with van der Waals surface area (Å²) in [5, 5.41) is 2.97. The molecule has 2 heterocycles. The second-order valence-corrected chi connectivity index (χ2v) is 7.94. The monoisotopic (exact) mass is 366 g/mol. The van der Waals surface area contributed by atoms with E-state index < -0.39 is 0 Å². The van der Waals surface area contributed by atoms with Crippen molar-refractivity contribution in [3.8, 4) is 0 Å². The van der Waals surface area contributed by atoms with Gasteiger partial charge in [-0.1, -0.05) is 24.3 Å². The van der Waals surface area contributed by atoms with E-state index in [9.17, 15) is 9.59 Å². The predicted molar refractivity (Wildman–Crippen MR) is 105 cm³/mol. The topological polar surface area (TPSA) is 49.4 Å². The minimum atomic E-state index is -0.156. The molecule has 1 N–H and O–H groups in total. The Kier molecular flexibility index (Phi) is 5.09. The molecule has 4 nitrogen and oxygen atoms in total. The summed E-state index contributed by atoms with van der Waals surface area (Å²) in [6, 6.07) is 13.5. The number of Topliss-reactive ketones (excluding diaryl/α,β-unsaturated/α-hetero) is 1. The number of amides is 1. The van der Waals surface area contributed by atoms with Crippen LogP contribution in [0.5, 0.6) is 0 Å². The first-order chi connectivity index (χ1) is 12.7. The van der Waals surface area contributed by atoms with Gasteiger partial charge in [-0.2, -0.15) is 0 Å². The minimum absolute atomic E-state index is 0.125. The Balaban J connectivity index is 1.46. The van der Waals surface area contributed by atoms with Crippen molar-refractivity contribution in [1.82, 2.24) is 4.90 Å². The highest BCUT2D eigenvalue weighted by Crippen LogP contribution is 2.33. The zero-order valence-corrected chi connectivity index (χ0v) is 15.5. The quantitative estimate of drug-likeness (QED) is 0.880. The molecule has 2 aromatic carbocycles. The lowest BCUT2D eigenvalue weighted by Crippen LogP contribution is -2.18. The van der Waals surface area contributed by atoms with Crippen molar-refractivity contribution >= 4 is 29.1 Å². The predicted octanol–water partition coefficient (Wildman–Crippen LogP) is 4.21. The van der Waals surface area contributed by atoms with Gasteiger partial charge in [-0.3, -0.25) is 14.5 Å². The van der Waals surface area contributed by atoms with E-state index in [1.54, 1.807) is 23.9 Å². The molecule has 4 rings (SSSR count). The van der Waals surface area contributed by atoms with Crippen LogP contribution in [0.2, 0.25) is 0 Å². The van der Waals surface area contributed by atoms with Gasteiger partial charge in [0.1, 0.15) is 0 Å². The van der Waals surface area contributed by atoms with Gasteiger partial charge in [0.05, 0.1) is 5.56 Å². The largest absolute Gasteiger partial charge is 0.322 e. The van der Waals surface area contributed by atoms with Gasteiger partial charge in [0, 0.05) is 34.9 Å². The van der Waals surface area contributed by atoms with Crippen LogP contribution in [-0.2, 0) is 6.54 Å². The second kappa shape index (κ2) is 7.64. The highest BCUT2D eigenvalue weighted by atomic mass is 32.2. The number of anilines is 1. The number of fused-ring (bicyclic) bond motifs is 1. The molecule has 0 atom stereocenters. The van der Waals surface area contributed by atoms with E-state index in [1.807, 2.05) is 18.2 Å². The third-order valence-corrected chi connectivity index (χ3v) is 6.09. The SMILES string of the molecule is O=C1CCSc2c1cccc2C(=O)Nc1ccc(CN2CCCC2)cc1. The summed E-state index contributed by atoms with van der Waals surface area (Å²) in [6.07, 6.45) is 3.12. The van der Waals surface area contributed by atoms with Gasteiger partial charge in [-0.05, 0) is 49.7 Å². The van der Waals surface area contributed by atoms with E-state index in [4.69, 9.17) is 0 Å². The normalized spacial score (nSPS) is 17.2. The zero-order valence-electron chi connectivity index (χ0n) is 14.7. The number of carbonyl (C=O) groups is 2. The lowest BCUT2D eigenvalue weighted by atomic mass is 10.0. The number of nitrogens with zero attached hydrogens (tertiary/aromatic N) is 1. The summed E-state index contributed by atoms with van der Waals surface area (Å²) >= 11 is 1.59. The van der Waals surface area contributed by atoms with Crippen LogP contribution in [0.25, 0.3) is 0 Å². The summed E-state index contributed by atoms with van der Waals surface area (Å²) in [5.74, 6) is 0.706. The van der Waals surface area contributed by atoms with Crippen LogP contribution in [-0.4, -0.2) is 35.4 Å². The number of likely N-dealkylation sites (tertiary alicyclic amines) is 1. The molecular formula is C21H22N2O2S. The van der Waals surface area contributed by atoms with E-state index >= 15 is 0 Å². The number of thioether (sulfide) groups is 1. The fourth-order valence-electron chi connectivity index (χ4n) is 3.56. The molecule has 0 aliphatic carbocycles. The first-order valence-corrected chi connectivity index (χ1v) is 10.1. The van der Waals surface area contributed by atoms with Crippen molar-refractivity contribution in [2.45, 2.75) is 30.7 Å². The van der Waals surface area contributed by atoms with Crippen LogP contribution in [0.1, 0.15) is 45.5 Å².